The fourth-order valence-corrected chi connectivity index (χ4v) is 4.11. The second-order valence-electron chi connectivity index (χ2n) is 8.83. The smallest absolute Gasteiger partial charge is 0.431 e. The molecule has 0 radical (unpaired) electrons. The highest BCUT2D eigenvalue weighted by Crippen LogP contribution is 2.21. The van der Waals surface area contributed by atoms with Gasteiger partial charge in [0.05, 0.1) is 30.6 Å². The van der Waals surface area contributed by atoms with Gasteiger partial charge in [-0.05, 0) is 61.5 Å². The molecule has 0 saturated heterocycles. The molecule has 41 heavy (non-hydrogen) atoms. The minimum absolute atomic E-state index is 0.0384. The van der Waals surface area contributed by atoms with Crippen molar-refractivity contribution < 1.29 is 24.0 Å². The first-order valence-electron chi connectivity index (χ1n) is 12.7. The SMILES string of the molecule is CCOC(=O)CCN(C(=O)c1ccc2c(c1)nc(CNc1ccc(C(=N)NC(=O)ON)cc1)n2C)c1ccccn1. The lowest BCUT2D eigenvalue weighted by molar-refractivity contribution is -0.142. The highest BCUT2D eigenvalue weighted by Gasteiger charge is 2.21. The van der Waals surface area contributed by atoms with Gasteiger partial charge in [0.25, 0.3) is 5.91 Å². The zero-order chi connectivity index (χ0) is 29.4. The van der Waals surface area contributed by atoms with E-state index in [0.717, 1.165) is 17.0 Å². The van der Waals surface area contributed by atoms with Gasteiger partial charge in [0.15, 0.2) is 0 Å². The predicted molar refractivity (Wildman–Crippen MR) is 152 cm³/mol. The summed E-state index contributed by atoms with van der Waals surface area (Å²) in [5.41, 5.74) is 3.15. The number of fused-ring (bicyclic) bond motifs is 1. The van der Waals surface area contributed by atoms with Crippen molar-refractivity contribution in [3.05, 3.63) is 83.8 Å². The number of anilines is 2. The topological polar surface area (TPSA) is 178 Å². The molecule has 0 spiro atoms. The maximum absolute atomic E-state index is 13.5. The molecule has 0 unspecified atom stereocenters. The molecule has 13 heteroatoms. The van der Waals surface area contributed by atoms with Gasteiger partial charge < -0.3 is 19.5 Å². The summed E-state index contributed by atoms with van der Waals surface area (Å²) in [6.45, 7) is 2.51. The van der Waals surface area contributed by atoms with Crippen LogP contribution < -0.4 is 21.4 Å². The Balaban J connectivity index is 1.48. The lowest BCUT2D eigenvalue weighted by Gasteiger charge is -2.21. The van der Waals surface area contributed by atoms with E-state index < -0.39 is 6.09 Å². The number of pyridine rings is 1. The molecular formula is C28H30N8O5. The van der Waals surface area contributed by atoms with Gasteiger partial charge in [0.2, 0.25) is 0 Å². The van der Waals surface area contributed by atoms with Crippen molar-refractivity contribution in [1.82, 2.24) is 19.9 Å². The number of hydrogen-bond donors (Lipinski definition) is 4. The summed E-state index contributed by atoms with van der Waals surface area (Å²) >= 11 is 0. The number of nitrogens with two attached hydrogens (primary N) is 1. The molecule has 2 aromatic carbocycles. The summed E-state index contributed by atoms with van der Waals surface area (Å²) in [6, 6.07) is 17.4. The number of imidazole rings is 1. The molecule has 5 N–H and O–H groups in total. The Hall–Kier alpha value is -5.30. The molecule has 212 valence electrons. The first-order chi connectivity index (χ1) is 19.8. The number of aromatic nitrogens is 3. The third-order valence-corrected chi connectivity index (χ3v) is 6.19. The number of hydrogen-bond acceptors (Lipinski definition) is 10. The van der Waals surface area contributed by atoms with Crippen LogP contribution in [0.25, 0.3) is 11.0 Å². The molecule has 2 heterocycles. The molecule has 13 nitrogen and oxygen atoms in total. The molecule has 0 fully saturated rings. The third-order valence-electron chi connectivity index (χ3n) is 6.19. The number of benzene rings is 2. The standard InChI is InChI=1S/C28H30N8O5/c1-3-40-25(37)13-15-36(23-6-4-5-14-31-23)27(38)19-9-12-22-21(16-19)33-24(35(22)2)17-32-20-10-7-18(8-11-20)26(29)34-28(39)41-30/h4-12,14,16,32H,3,13,15,17,30H2,1-2H3,(H2,29,34,39). The van der Waals surface area contributed by atoms with E-state index >= 15 is 0 Å². The predicted octanol–water partition coefficient (Wildman–Crippen LogP) is 3.11. The first-order valence-corrected chi connectivity index (χ1v) is 12.7. The van der Waals surface area contributed by atoms with Crippen molar-refractivity contribution in [3.63, 3.8) is 0 Å². The van der Waals surface area contributed by atoms with Crippen molar-refractivity contribution >= 4 is 46.3 Å². The molecule has 4 aromatic rings. The number of nitrogens with zero attached hydrogens (tertiary/aromatic N) is 4. The van der Waals surface area contributed by atoms with Gasteiger partial charge >= 0.3 is 12.1 Å². The molecule has 0 aliphatic heterocycles. The van der Waals surface area contributed by atoms with Gasteiger partial charge in [-0.25, -0.2) is 14.8 Å². The largest absolute Gasteiger partial charge is 0.466 e. The van der Waals surface area contributed by atoms with Crippen LogP contribution in [0.1, 0.15) is 35.1 Å². The molecule has 2 amide bonds. The maximum Gasteiger partial charge on any atom is 0.431 e. The summed E-state index contributed by atoms with van der Waals surface area (Å²) in [5, 5.41) is 13.4. The average molecular weight is 559 g/mol. The van der Waals surface area contributed by atoms with Crippen LogP contribution >= 0.6 is 0 Å². The van der Waals surface area contributed by atoms with Gasteiger partial charge in [0, 0.05) is 36.6 Å². The van der Waals surface area contributed by atoms with Gasteiger partial charge in [-0.3, -0.25) is 25.2 Å². The van der Waals surface area contributed by atoms with Gasteiger partial charge in [0.1, 0.15) is 17.5 Å². The van der Waals surface area contributed by atoms with Gasteiger partial charge in [-0.1, -0.05) is 6.07 Å². The maximum atomic E-state index is 13.5. The zero-order valence-corrected chi connectivity index (χ0v) is 22.6. The third kappa shape index (κ3) is 7.02. The number of nitrogens with one attached hydrogen (secondary N) is 3. The lowest BCUT2D eigenvalue weighted by Crippen LogP contribution is -2.34. The summed E-state index contributed by atoms with van der Waals surface area (Å²) in [5.74, 6) is 5.12. The molecule has 4 rings (SSSR count). The monoisotopic (exact) mass is 558 g/mol. The van der Waals surface area contributed by atoms with E-state index in [1.54, 1.807) is 67.7 Å². The Morgan fingerprint density at radius 3 is 2.51 bits per heavy atom. The van der Waals surface area contributed by atoms with Gasteiger partial charge in [-0.2, -0.15) is 5.90 Å². The number of amidine groups is 1. The highest BCUT2D eigenvalue weighted by atomic mass is 16.7. The van der Waals surface area contributed by atoms with Crippen LogP contribution in [-0.4, -0.2) is 51.5 Å². The Bertz CT molecular complexity index is 1550. The van der Waals surface area contributed by atoms with Gasteiger partial charge in [-0.15, -0.1) is 0 Å². The van der Waals surface area contributed by atoms with E-state index in [2.05, 4.69) is 20.5 Å². The van der Waals surface area contributed by atoms with E-state index in [9.17, 15) is 14.4 Å². The van der Waals surface area contributed by atoms with Crippen LogP contribution in [0, 0.1) is 5.41 Å². The minimum atomic E-state index is -0.926. The molecule has 2 aromatic heterocycles. The molecule has 0 bridgehead atoms. The van der Waals surface area contributed by atoms with Crippen LogP contribution in [0.4, 0.5) is 16.3 Å². The number of rotatable bonds is 10. The quantitative estimate of drug-likeness (QED) is 0.0985. The fourth-order valence-electron chi connectivity index (χ4n) is 4.11. The molecular weight excluding hydrogens is 528 g/mol. The minimum Gasteiger partial charge on any atom is -0.466 e. The second-order valence-corrected chi connectivity index (χ2v) is 8.83. The van der Waals surface area contributed by atoms with E-state index in [4.69, 9.17) is 21.0 Å². The van der Waals surface area contributed by atoms with Crippen LogP contribution in [0.5, 0.6) is 0 Å². The van der Waals surface area contributed by atoms with Crippen molar-refractivity contribution in [2.24, 2.45) is 12.9 Å². The number of carbonyl (C=O) groups is 3. The number of esters is 1. The Kier molecular flexibility index (Phi) is 9.22. The van der Waals surface area contributed by atoms with E-state index in [1.807, 2.05) is 17.7 Å². The van der Waals surface area contributed by atoms with Crippen molar-refractivity contribution in [1.29, 1.82) is 5.41 Å². The average Bonchev–Trinajstić information content (AvgIpc) is 3.31. The normalized spacial score (nSPS) is 10.6. The second kappa shape index (κ2) is 13.2. The summed E-state index contributed by atoms with van der Waals surface area (Å²) in [4.78, 5) is 51.2. The zero-order valence-electron chi connectivity index (χ0n) is 22.6. The molecule has 0 aliphatic rings. The van der Waals surface area contributed by atoms with Crippen molar-refractivity contribution in [2.45, 2.75) is 19.9 Å². The first kappa shape index (κ1) is 28.7. The van der Waals surface area contributed by atoms with Crippen molar-refractivity contribution in [3.8, 4) is 0 Å². The van der Waals surface area contributed by atoms with E-state index in [-0.39, 0.29) is 37.3 Å². The lowest BCUT2D eigenvalue weighted by atomic mass is 10.1. The molecule has 0 saturated carbocycles. The Morgan fingerprint density at radius 1 is 1.07 bits per heavy atom. The fraction of sp³-hybridized carbons (Fsp3) is 0.214. The van der Waals surface area contributed by atoms with Crippen LogP contribution in [0.3, 0.4) is 0 Å². The number of aryl methyl sites for hydroxylation is 1. The van der Waals surface area contributed by atoms with E-state index in [0.29, 0.717) is 29.0 Å². The highest BCUT2D eigenvalue weighted by molar-refractivity contribution is 6.07. The number of amides is 2. The van der Waals surface area contributed by atoms with Crippen LogP contribution in [0.2, 0.25) is 0 Å². The number of carbonyl (C=O) groups excluding carboxylic acids is 3. The molecule has 0 atom stereocenters. The van der Waals surface area contributed by atoms with Crippen LogP contribution in [0.15, 0.2) is 66.9 Å². The Morgan fingerprint density at radius 2 is 1.83 bits per heavy atom. The summed E-state index contributed by atoms with van der Waals surface area (Å²) < 4.78 is 6.96. The van der Waals surface area contributed by atoms with Crippen LogP contribution in [-0.2, 0) is 28.0 Å². The molecule has 0 aliphatic carbocycles. The number of ether oxygens (including phenoxy) is 1. The van der Waals surface area contributed by atoms with Crippen molar-refractivity contribution in [2.75, 3.05) is 23.4 Å². The Labute approximate surface area is 235 Å². The summed E-state index contributed by atoms with van der Waals surface area (Å²) in [6.07, 6.45) is 0.703. The summed E-state index contributed by atoms with van der Waals surface area (Å²) in [7, 11) is 1.89. The van der Waals surface area contributed by atoms with E-state index in [1.165, 1.54) is 4.90 Å².